The number of amides is 1. The van der Waals surface area contributed by atoms with Crippen LogP contribution in [0.1, 0.15) is 10.5 Å². The maximum atomic E-state index is 12.7. The maximum Gasteiger partial charge on any atom is 0.278 e. The molecule has 0 aliphatic carbocycles. The number of carbonyl (C=O) groups is 1. The van der Waals surface area contributed by atoms with Crippen LogP contribution in [0, 0.1) is 0 Å². The maximum absolute atomic E-state index is 12.7. The van der Waals surface area contributed by atoms with Crippen LogP contribution in [0.2, 0.25) is 0 Å². The number of rotatable bonds is 1. The fourth-order valence-electron chi connectivity index (χ4n) is 2.39. The molecule has 1 aromatic carbocycles. The monoisotopic (exact) mass is 331 g/mol. The average molecular weight is 332 g/mol. The van der Waals surface area contributed by atoms with Crippen LogP contribution in [0.3, 0.4) is 0 Å². The summed E-state index contributed by atoms with van der Waals surface area (Å²) < 4.78 is 0.724. The van der Waals surface area contributed by atoms with Crippen LogP contribution in [0.4, 0.5) is 11.4 Å². The van der Waals surface area contributed by atoms with E-state index >= 15 is 0 Å². The van der Waals surface area contributed by atoms with Gasteiger partial charge in [0.05, 0.1) is 11.4 Å². The van der Waals surface area contributed by atoms with E-state index in [4.69, 9.17) is 0 Å². The van der Waals surface area contributed by atoms with Crippen molar-refractivity contribution in [3.8, 4) is 0 Å². The van der Waals surface area contributed by atoms with Crippen molar-refractivity contribution < 1.29 is 4.79 Å². The second kappa shape index (κ2) is 5.25. The first kappa shape index (κ1) is 13.1. The first-order chi connectivity index (χ1) is 9.68. The number of anilines is 2. The Kier molecular flexibility index (Phi) is 3.44. The van der Waals surface area contributed by atoms with Crippen molar-refractivity contribution in [2.45, 2.75) is 0 Å². The molecule has 0 atom stereocenters. The first-order valence-electron chi connectivity index (χ1n) is 6.41. The molecule has 5 heteroatoms. The molecule has 0 fully saturated rings. The van der Waals surface area contributed by atoms with Gasteiger partial charge < -0.3 is 9.80 Å². The number of pyridine rings is 1. The second-order valence-electron chi connectivity index (χ2n) is 4.70. The molecule has 0 unspecified atom stereocenters. The Morgan fingerprint density at radius 2 is 1.90 bits per heavy atom. The molecule has 0 N–H and O–H groups in total. The van der Waals surface area contributed by atoms with E-state index in [2.05, 4.69) is 25.8 Å². The van der Waals surface area contributed by atoms with Gasteiger partial charge in [0, 0.05) is 30.8 Å². The summed E-state index contributed by atoms with van der Waals surface area (Å²) in [5.74, 6) is -0.0713. The topological polar surface area (TPSA) is 36.4 Å². The summed E-state index contributed by atoms with van der Waals surface area (Å²) in [5.41, 5.74) is 2.45. The van der Waals surface area contributed by atoms with Crippen molar-refractivity contribution in [1.82, 2.24) is 4.98 Å². The van der Waals surface area contributed by atoms with E-state index in [1.54, 1.807) is 17.2 Å². The minimum absolute atomic E-state index is 0.0713. The molecule has 1 aliphatic rings. The van der Waals surface area contributed by atoms with Crippen molar-refractivity contribution in [2.24, 2.45) is 0 Å². The van der Waals surface area contributed by atoms with Gasteiger partial charge in [-0.15, -0.1) is 0 Å². The molecule has 1 aliphatic heterocycles. The quantitative estimate of drug-likeness (QED) is 0.806. The third-order valence-corrected chi connectivity index (χ3v) is 4.09. The van der Waals surface area contributed by atoms with Gasteiger partial charge in [0.2, 0.25) is 0 Å². The summed E-state index contributed by atoms with van der Waals surface area (Å²) in [7, 11) is 2.04. The van der Waals surface area contributed by atoms with E-state index < -0.39 is 0 Å². The Balaban J connectivity index is 2.02. The van der Waals surface area contributed by atoms with Gasteiger partial charge in [-0.2, -0.15) is 0 Å². The van der Waals surface area contributed by atoms with E-state index in [0.29, 0.717) is 12.2 Å². The summed E-state index contributed by atoms with van der Waals surface area (Å²) in [4.78, 5) is 20.9. The number of hydrogen-bond acceptors (Lipinski definition) is 3. The van der Waals surface area contributed by atoms with Crippen LogP contribution >= 0.6 is 15.9 Å². The lowest BCUT2D eigenvalue weighted by molar-refractivity contribution is 0.0981. The molecule has 0 radical (unpaired) electrons. The molecular formula is C15H14BrN3O. The van der Waals surface area contributed by atoms with Crippen molar-refractivity contribution >= 4 is 33.2 Å². The van der Waals surface area contributed by atoms with Crippen molar-refractivity contribution in [3.63, 3.8) is 0 Å². The standard InChI is InChI=1S/C15H14BrN3O/c1-18-9-10-19(13-7-3-2-6-12(13)18)15(20)14-11(16)5-4-8-17-14/h2-8H,9-10H2,1H3. The van der Waals surface area contributed by atoms with Crippen molar-refractivity contribution in [2.75, 3.05) is 29.9 Å². The van der Waals surface area contributed by atoms with Crippen LogP contribution in [0.5, 0.6) is 0 Å². The van der Waals surface area contributed by atoms with Crippen LogP contribution in [-0.4, -0.2) is 31.0 Å². The second-order valence-corrected chi connectivity index (χ2v) is 5.56. The molecule has 0 spiro atoms. The third kappa shape index (κ3) is 2.18. The fraction of sp³-hybridized carbons (Fsp3) is 0.200. The zero-order valence-electron chi connectivity index (χ0n) is 11.1. The Morgan fingerprint density at radius 1 is 1.15 bits per heavy atom. The molecule has 0 saturated heterocycles. The van der Waals surface area contributed by atoms with Crippen LogP contribution in [0.25, 0.3) is 0 Å². The van der Waals surface area contributed by atoms with Gasteiger partial charge in [-0.25, -0.2) is 4.98 Å². The highest BCUT2D eigenvalue weighted by atomic mass is 79.9. The number of carbonyl (C=O) groups excluding carboxylic acids is 1. The number of aromatic nitrogens is 1. The zero-order chi connectivity index (χ0) is 14.1. The molecule has 2 heterocycles. The van der Waals surface area contributed by atoms with E-state index in [-0.39, 0.29) is 5.91 Å². The van der Waals surface area contributed by atoms with Crippen LogP contribution in [-0.2, 0) is 0 Å². The predicted molar refractivity (Wildman–Crippen MR) is 83.3 cm³/mol. The highest BCUT2D eigenvalue weighted by molar-refractivity contribution is 9.10. The molecule has 1 amide bonds. The molecule has 20 heavy (non-hydrogen) atoms. The Labute approximate surface area is 126 Å². The number of para-hydroxylation sites is 2. The van der Waals surface area contributed by atoms with Gasteiger partial charge in [0.25, 0.3) is 5.91 Å². The fourth-order valence-corrected chi connectivity index (χ4v) is 2.81. The number of hydrogen-bond donors (Lipinski definition) is 0. The highest BCUT2D eigenvalue weighted by Gasteiger charge is 2.27. The lowest BCUT2D eigenvalue weighted by atomic mass is 10.1. The Hall–Kier alpha value is -1.88. The minimum Gasteiger partial charge on any atom is -0.371 e. The van der Waals surface area contributed by atoms with E-state index in [1.807, 2.05) is 37.4 Å². The van der Waals surface area contributed by atoms with Gasteiger partial charge in [-0.05, 0) is 40.2 Å². The first-order valence-corrected chi connectivity index (χ1v) is 7.20. The lowest BCUT2D eigenvalue weighted by Crippen LogP contribution is -2.43. The van der Waals surface area contributed by atoms with Crippen molar-refractivity contribution in [3.05, 3.63) is 52.8 Å². The van der Waals surface area contributed by atoms with E-state index in [0.717, 1.165) is 22.4 Å². The normalized spacial score (nSPS) is 14.1. The number of fused-ring (bicyclic) bond motifs is 1. The molecule has 3 rings (SSSR count). The lowest BCUT2D eigenvalue weighted by Gasteiger charge is -2.35. The van der Waals surface area contributed by atoms with Gasteiger partial charge >= 0.3 is 0 Å². The third-order valence-electron chi connectivity index (χ3n) is 3.45. The van der Waals surface area contributed by atoms with Gasteiger partial charge in [-0.1, -0.05) is 12.1 Å². The molecule has 4 nitrogen and oxygen atoms in total. The number of benzene rings is 1. The summed E-state index contributed by atoms with van der Waals surface area (Å²) in [6.45, 7) is 1.47. The molecule has 2 aromatic rings. The van der Waals surface area contributed by atoms with E-state index in [1.165, 1.54) is 0 Å². The number of likely N-dealkylation sites (N-methyl/N-ethyl adjacent to an activating group) is 1. The Morgan fingerprint density at radius 3 is 2.65 bits per heavy atom. The molecule has 102 valence electrons. The summed E-state index contributed by atoms with van der Waals surface area (Å²) in [6, 6.07) is 11.6. The number of nitrogens with zero attached hydrogens (tertiary/aromatic N) is 3. The largest absolute Gasteiger partial charge is 0.371 e. The number of halogens is 1. The smallest absolute Gasteiger partial charge is 0.278 e. The minimum atomic E-state index is -0.0713. The van der Waals surface area contributed by atoms with Crippen LogP contribution in [0.15, 0.2) is 47.1 Å². The predicted octanol–water partition coefficient (Wildman–Crippen LogP) is 2.94. The Bertz CT molecular complexity index is 659. The highest BCUT2D eigenvalue weighted by Crippen LogP contribution is 2.33. The average Bonchev–Trinajstić information content (AvgIpc) is 2.48. The summed E-state index contributed by atoms with van der Waals surface area (Å²) >= 11 is 3.39. The van der Waals surface area contributed by atoms with Crippen molar-refractivity contribution in [1.29, 1.82) is 0 Å². The molecule has 1 aromatic heterocycles. The van der Waals surface area contributed by atoms with Gasteiger partial charge in [-0.3, -0.25) is 4.79 Å². The molecular weight excluding hydrogens is 318 g/mol. The molecule has 0 bridgehead atoms. The zero-order valence-corrected chi connectivity index (χ0v) is 12.7. The summed E-state index contributed by atoms with van der Waals surface area (Å²) in [5, 5.41) is 0. The van der Waals surface area contributed by atoms with Crippen LogP contribution < -0.4 is 9.80 Å². The SMILES string of the molecule is CN1CCN(C(=O)c2ncccc2Br)c2ccccc21. The van der Waals surface area contributed by atoms with Gasteiger partial charge in [0.15, 0.2) is 0 Å². The van der Waals surface area contributed by atoms with E-state index in [9.17, 15) is 4.79 Å². The molecule has 0 saturated carbocycles. The summed E-state index contributed by atoms with van der Waals surface area (Å²) in [6.07, 6.45) is 1.64. The van der Waals surface area contributed by atoms with Gasteiger partial charge in [0.1, 0.15) is 5.69 Å².